The zero-order valence-electron chi connectivity index (χ0n) is 17.5. The molecule has 1 aromatic carbocycles. The van der Waals surface area contributed by atoms with Crippen molar-refractivity contribution >= 4 is 11.6 Å². The molecule has 0 radical (unpaired) electrons. The molecule has 0 saturated heterocycles. The average Bonchev–Trinajstić information content (AvgIpc) is 3.13. The third-order valence-corrected chi connectivity index (χ3v) is 3.87. The summed E-state index contributed by atoms with van der Waals surface area (Å²) in [5.41, 5.74) is 0.827. The number of aliphatic imine (C=N–C) groups is 1. The Labute approximate surface area is 167 Å². The van der Waals surface area contributed by atoms with Crippen LogP contribution in [0.15, 0.2) is 39.9 Å². The Balaban J connectivity index is 1.99. The molecule has 28 heavy (non-hydrogen) atoms. The van der Waals surface area contributed by atoms with E-state index < -0.39 is 0 Å². The van der Waals surface area contributed by atoms with E-state index in [9.17, 15) is 0 Å². The van der Waals surface area contributed by atoms with Crippen LogP contribution < -0.4 is 15.4 Å². The van der Waals surface area contributed by atoms with Crippen molar-refractivity contribution in [1.82, 2.24) is 10.3 Å². The normalized spacial score (nSPS) is 12.1. The molecule has 0 atom stereocenters. The van der Waals surface area contributed by atoms with Crippen molar-refractivity contribution in [2.45, 2.75) is 46.1 Å². The molecule has 7 heteroatoms. The number of guanidine groups is 1. The summed E-state index contributed by atoms with van der Waals surface area (Å²) < 4.78 is 16.6. The molecule has 0 aliphatic carbocycles. The molecular formula is C21H32N4O3. The minimum absolute atomic E-state index is 0.0680. The first-order valence-electron chi connectivity index (χ1n) is 9.64. The van der Waals surface area contributed by atoms with Gasteiger partial charge in [-0.2, -0.15) is 0 Å². The van der Waals surface area contributed by atoms with E-state index in [1.807, 2.05) is 31.2 Å². The number of nitrogens with zero attached hydrogens (tertiary/aromatic N) is 2. The van der Waals surface area contributed by atoms with E-state index in [2.05, 4.69) is 41.4 Å². The van der Waals surface area contributed by atoms with Crippen molar-refractivity contribution < 1.29 is 13.9 Å². The molecule has 7 nitrogen and oxygen atoms in total. The van der Waals surface area contributed by atoms with Gasteiger partial charge in [-0.15, -0.1) is 0 Å². The highest BCUT2D eigenvalue weighted by atomic mass is 16.5. The second kappa shape index (κ2) is 10.7. The van der Waals surface area contributed by atoms with E-state index in [1.54, 1.807) is 13.3 Å². The molecule has 1 aromatic heterocycles. The van der Waals surface area contributed by atoms with Gasteiger partial charge in [-0.3, -0.25) is 0 Å². The van der Waals surface area contributed by atoms with Gasteiger partial charge in [-0.25, -0.2) is 9.98 Å². The molecule has 0 unspecified atom stereocenters. The van der Waals surface area contributed by atoms with Gasteiger partial charge in [0, 0.05) is 43.9 Å². The summed E-state index contributed by atoms with van der Waals surface area (Å²) in [5.74, 6) is 2.92. The van der Waals surface area contributed by atoms with Crippen LogP contribution >= 0.6 is 0 Å². The van der Waals surface area contributed by atoms with Gasteiger partial charge < -0.3 is 24.5 Å². The summed E-state index contributed by atoms with van der Waals surface area (Å²) in [4.78, 5) is 8.90. The lowest BCUT2D eigenvalue weighted by Crippen LogP contribution is -2.30. The number of anilines is 1. The molecule has 0 fully saturated rings. The van der Waals surface area contributed by atoms with Crippen LogP contribution in [0, 0.1) is 0 Å². The topological polar surface area (TPSA) is 80.9 Å². The summed E-state index contributed by atoms with van der Waals surface area (Å²) in [6.07, 6.45) is 2.63. The number of aromatic nitrogens is 1. The van der Waals surface area contributed by atoms with Crippen molar-refractivity contribution in [2.24, 2.45) is 4.99 Å². The molecule has 154 valence electrons. The first-order chi connectivity index (χ1) is 13.4. The molecule has 0 bridgehead atoms. The maximum Gasteiger partial charge on any atom is 0.216 e. The highest BCUT2D eigenvalue weighted by Crippen LogP contribution is 2.23. The minimum Gasteiger partial charge on any atom is -0.493 e. The Morgan fingerprint density at radius 1 is 1.25 bits per heavy atom. The summed E-state index contributed by atoms with van der Waals surface area (Å²) in [6.45, 7) is 10.7. The first kappa shape index (κ1) is 21.8. The number of methoxy groups -OCH3 is 1. The highest BCUT2D eigenvalue weighted by Gasteiger charge is 2.19. The number of benzene rings is 1. The van der Waals surface area contributed by atoms with E-state index in [0.29, 0.717) is 31.6 Å². The van der Waals surface area contributed by atoms with E-state index >= 15 is 0 Å². The Morgan fingerprint density at radius 2 is 2.07 bits per heavy atom. The van der Waals surface area contributed by atoms with Gasteiger partial charge in [-0.1, -0.05) is 26.8 Å². The number of hydrogen-bond donors (Lipinski definition) is 2. The lowest BCUT2D eigenvalue weighted by atomic mass is 9.94. The van der Waals surface area contributed by atoms with Gasteiger partial charge >= 0.3 is 0 Å². The average molecular weight is 389 g/mol. The molecular weight excluding hydrogens is 356 g/mol. The number of oxazole rings is 1. The van der Waals surface area contributed by atoms with Crippen LogP contribution in [-0.4, -0.2) is 37.8 Å². The van der Waals surface area contributed by atoms with Crippen molar-refractivity contribution in [3.63, 3.8) is 0 Å². The lowest BCUT2D eigenvalue weighted by Gasteiger charge is -2.13. The maximum absolute atomic E-state index is 5.81. The van der Waals surface area contributed by atoms with E-state index in [1.165, 1.54) is 0 Å². The molecule has 0 aliphatic rings. The minimum atomic E-state index is -0.0680. The molecule has 0 saturated carbocycles. The number of ether oxygens (including phenoxy) is 2. The molecule has 2 N–H and O–H groups in total. The predicted molar refractivity (Wildman–Crippen MR) is 112 cm³/mol. The Kier molecular flexibility index (Phi) is 8.32. The van der Waals surface area contributed by atoms with Crippen LogP contribution in [0.2, 0.25) is 0 Å². The van der Waals surface area contributed by atoms with Gasteiger partial charge in [0.15, 0.2) is 5.96 Å². The maximum atomic E-state index is 5.81. The fourth-order valence-electron chi connectivity index (χ4n) is 2.38. The summed E-state index contributed by atoms with van der Waals surface area (Å²) in [5, 5.41) is 6.52. The van der Waals surface area contributed by atoms with Gasteiger partial charge in [0.2, 0.25) is 5.89 Å². The third kappa shape index (κ3) is 7.23. The number of hydrogen-bond acceptors (Lipinski definition) is 5. The molecule has 2 rings (SSSR count). The second-order valence-electron chi connectivity index (χ2n) is 7.41. The monoisotopic (exact) mass is 388 g/mol. The molecule has 2 aromatic rings. The van der Waals surface area contributed by atoms with Crippen LogP contribution in [0.3, 0.4) is 0 Å². The Morgan fingerprint density at radius 3 is 2.75 bits per heavy atom. The number of nitrogens with one attached hydrogen (secondary N) is 2. The third-order valence-electron chi connectivity index (χ3n) is 3.87. The van der Waals surface area contributed by atoms with Crippen LogP contribution in [0.1, 0.15) is 45.8 Å². The van der Waals surface area contributed by atoms with Gasteiger partial charge in [-0.05, 0) is 19.1 Å². The Bertz CT molecular complexity index is 750. The fraction of sp³-hybridized carbons (Fsp3) is 0.524. The smallest absolute Gasteiger partial charge is 0.216 e. The van der Waals surface area contributed by atoms with Crippen molar-refractivity contribution in [2.75, 3.05) is 32.2 Å². The first-order valence-corrected chi connectivity index (χ1v) is 9.64. The molecule has 0 amide bonds. The zero-order valence-corrected chi connectivity index (χ0v) is 17.5. The van der Waals surface area contributed by atoms with Crippen LogP contribution in [-0.2, 0) is 16.7 Å². The van der Waals surface area contributed by atoms with Gasteiger partial charge in [0.05, 0.1) is 12.8 Å². The van der Waals surface area contributed by atoms with Crippen molar-refractivity contribution in [3.8, 4) is 5.75 Å². The second-order valence-corrected chi connectivity index (χ2v) is 7.41. The fourth-order valence-corrected chi connectivity index (χ4v) is 2.38. The van der Waals surface area contributed by atoms with Crippen molar-refractivity contribution in [1.29, 1.82) is 0 Å². The molecule has 1 heterocycles. The van der Waals surface area contributed by atoms with Crippen molar-refractivity contribution in [3.05, 3.63) is 42.1 Å². The molecule has 0 spiro atoms. The summed E-state index contributed by atoms with van der Waals surface area (Å²) in [6, 6.07) is 7.80. The largest absolute Gasteiger partial charge is 0.493 e. The lowest BCUT2D eigenvalue weighted by molar-refractivity contribution is 0.172. The zero-order chi connectivity index (χ0) is 20.4. The quantitative estimate of drug-likeness (QED) is 0.384. The standard InChI is InChI=1S/C21H32N4O3/c1-6-22-20(24-15-19-23-14-18(28-19)21(2,3)4)25-16-9-7-10-17(13-16)27-12-8-11-26-5/h7,9-10,13-14H,6,8,11-12,15H2,1-5H3,(H2,22,24,25). The summed E-state index contributed by atoms with van der Waals surface area (Å²) >= 11 is 0. The predicted octanol–water partition coefficient (Wildman–Crippen LogP) is 3.97. The van der Waals surface area contributed by atoms with Crippen LogP contribution in [0.5, 0.6) is 5.75 Å². The van der Waals surface area contributed by atoms with Gasteiger partial charge in [0.25, 0.3) is 0 Å². The van der Waals surface area contributed by atoms with Crippen LogP contribution in [0.25, 0.3) is 0 Å². The highest BCUT2D eigenvalue weighted by molar-refractivity contribution is 5.93. The molecule has 0 aliphatic heterocycles. The van der Waals surface area contributed by atoms with E-state index in [0.717, 1.165) is 30.2 Å². The van der Waals surface area contributed by atoms with E-state index in [-0.39, 0.29) is 5.41 Å². The summed E-state index contributed by atoms with van der Waals surface area (Å²) in [7, 11) is 1.69. The Hall–Kier alpha value is -2.54. The van der Waals surface area contributed by atoms with Gasteiger partial charge in [0.1, 0.15) is 18.1 Å². The van der Waals surface area contributed by atoms with E-state index in [4.69, 9.17) is 13.9 Å². The number of rotatable bonds is 9. The van der Waals surface area contributed by atoms with Crippen LogP contribution in [0.4, 0.5) is 5.69 Å². The SMILES string of the molecule is CCNC(=NCc1ncc(C(C)(C)C)o1)Nc1cccc(OCCCOC)c1.